The van der Waals surface area contributed by atoms with E-state index in [1.54, 1.807) is 43.6 Å². The van der Waals surface area contributed by atoms with Gasteiger partial charge in [0.2, 0.25) is 12.7 Å². The Kier molecular flexibility index (Phi) is 6.38. The molecule has 0 bridgehead atoms. The molecule has 0 aliphatic carbocycles. The Morgan fingerprint density at radius 1 is 0.971 bits per heavy atom. The zero-order valence-electron chi connectivity index (χ0n) is 19.3. The molecule has 1 fully saturated rings. The number of fused-ring (bicyclic) bond motifs is 1. The quantitative estimate of drug-likeness (QED) is 0.558. The molecule has 3 heterocycles. The van der Waals surface area contributed by atoms with Crippen LogP contribution in [-0.2, 0) is 4.79 Å². The standard InChI is InChI=1S/C26H26N4O5/c1-33-21-4-2-3-19(14-21)28-26(32)18-7-10-27-24(13-18)30-11-8-17(9-12-30)25(31)29-20-5-6-22-23(15-20)35-16-34-22/h2-7,10,13-15,17H,8-9,11-12,16H2,1H3,(H,28,32)(H,29,31). The molecule has 1 saturated heterocycles. The van der Waals surface area contributed by atoms with Crippen LogP contribution in [0.2, 0.25) is 0 Å². The lowest BCUT2D eigenvalue weighted by Gasteiger charge is -2.32. The van der Waals surface area contributed by atoms with E-state index in [2.05, 4.69) is 20.5 Å². The van der Waals surface area contributed by atoms with Gasteiger partial charge >= 0.3 is 0 Å². The van der Waals surface area contributed by atoms with Crippen LogP contribution in [0, 0.1) is 5.92 Å². The molecule has 0 unspecified atom stereocenters. The average molecular weight is 475 g/mol. The Balaban J connectivity index is 1.17. The van der Waals surface area contributed by atoms with Crippen LogP contribution in [0.3, 0.4) is 0 Å². The number of benzene rings is 2. The van der Waals surface area contributed by atoms with Gasteiger partial charge in [-0.15, -0.1) is 0 Å². The molecule has 2 aromatic carbocycles. The van der Waals surface area contributed by atoms with Gasteiger partial charge in [-0.1, -0.05) is 6.07 Å². The molecule has 2 N–H and O–H groups in total. The topological polar surface area (TPSA) is 102 Å². The van der Waals surface area contributed by atoms with Gasteiger partial charge < -0.3 is 29.7 Å². The van der Waals surface area contributed by atoms with E-state index < -0.39 is 0 Å². The molecular formula is C26H26N4O5. The molecule has 180 valence electrons. The smallest absolute Gasteiger partial charge is 0.255 e. The fraction of sp³-hybridized carbons (Fsp3) is 0.269. The summed E-state index contributed by atoms with van der Waals surface area (Å²) in [6, 6.07) is 16.1. The average Bonchev–Trinajstić information content (AvgIpc) is 3.37. The Labute approximate surface area is 203 Å². The lowest BCUT2D eigenvalue weighted by atomic mass is 9.95. The molecule has 35 heavy (non-hydrogen) atoms. The number of aromatic nitrogens is 1. The van der Waals surface area contributed by atoms with Gasteiger partial charge in [0.15, 0.2) is 11.5 Å². The second kappa shape index (κ2) is 9.92. The summed E-state index contributed by atoms with van der Waals surface area (Å²) in [6.07, 6.45) is 3.02. The van der Waals surface area contributed by atoms with Crippen molar-refractivity contribution in [2.45, 2.75) is 12.8 Å². The monoisotopic (exact) mass is 474 g/mol. The van der Waals surface area contributed by atoms with Gasteiger partial charge in [0, 0.05) is 54.3 Å². The number of pyridine rings is 1. The fourth-order valence-electron chi connectivity index (χ4n) is 4.23. The number of carbonyl (C=O) groups is 2. The molecule has 2 amide bonds. The van der Waals surface area contributed by atoms with E-state index in [1.165, 1.54) is 0 Å². The Hall–Kier alpha value is -4.27. The molecule has 0 spiro atoms. The molecule has 2 aliphatic heterocycles. The van der Waals surface area contributed by atoms with E-state index in [0.29, 0.717) is 60.1 Å². The zero-order valence-corrected chi connectivity index (χ0v) is 19.3. The summed E-state index contributed by atoms with van der Waals surface area (Å²) in [5, 5.41) is 5.87. The van der Waals surface area contributed by atoms with Crippen molar-refractivity contribution in [1.82, 2.24) is 4.98 Å². The molecule has 9 heteroatoms. The number of amides is 2. The lowest BCUT2D eigenvalue weighted by Crippen LogP contribution is -2.38. The van der Waals surface area contributed by atoms with E-state index >= 15 is 0 Å². The Bertz CT molecular complexity index is 1240. The number of carbonyl (C=O) groups excluding carboxylic acids is 2. The molecule has 0 saturated carbocycles. The molecule has 0 atom stereocenters. The van der Waals surface area contributed by atoms with Crippen molar-refractivity contribution < 1.29 is 23.8 Å². The van der Waals surface area contributed by atoms with Crippen LogP contribution < -0.4 is 29.7 Å². The van der Waals surface area contributed by atoms with Crippen molar-refractivity contribution >= 4 is 29.0 Å². The predicted octanol–water partition coefficient (Wildman–Crippen LogP) is 3.93. The highest BCUT2D eigenvalue weighted by Gasteiger charge is 2.26. The summed E-state index contributed by atoms with van der Waals surface area (Å²) < 4.78 is 15.9. The van der Waals surface area contributed by atoms with E-state index in [1.807, 2.05) is 24.3 Å². The van der Waals surface area contributed by atoms with Crippen molar-refractivity contribution in [3.8, 4) is 17.2 Å². The van der Waals surface area contributed by atoms with Gasteiger partial charge in [0.25, 0.3) is 5.91 Å². The first-order chi connectivity index (χ1) is 17.1. The second-order valence-corrected chi connectivity index (χ2v) is 8.41. The van der Waals surface area contributed by atoms with Crippen molar-refractivity contribution in [3.05, 3.63) is 66.4 Å². The molecule has 1 aromatic heterocycles. The van der Waals surface area contributed by atoms with Gasteiger partial charge in [0.1, 0.15) is 11.6 Å². The minimum absolute atomic E-state index is 0.0112. The number of nitrogens with one attached hydrogen (secondary N) is 2. The number of hydrogen-bond acceptors (Lipinski definition) is 7. The molecular weight excluding hydrogens is 448 g/mol. The van der Waals surface area contributed by atoms with Crippen molar-refractivity contribution in [1.29, 1.82) is 0 Å². The Morgan fingerprint density at radius 3 is 2.60 bits per heavy atom. The number of ether oxygens (including phenoxy) is 3. The second-order valence-electron chi connectivity index (χ2n) is 8.41. The predicted molar refractivity (Wildman–Crippen MR) is 131 cm³/mol. The Morgan fingerprint density at radius 2 is 1.77 bits per heavy atom. The van der Waals surface area contributed by atoms with E-state index in [9.17, 15) is 9.59 Å². The third kappa shape index (κ3) is 5.13. The third-order valence-electron chi connectivity index (χ3n) is 6.17. The first-order valence-corrected chi connectivity index (χ1v) is 11.5. The highest BCUT2D eigenvalue weighted by molar-refractivity contribution is 6.04. The summed E-state index contributed by atoms with van der Waals surface area (Å²) in [7, 11) is 1.58. The number of anilines is 3. The maximum absolute atomic E-state index is 12.8. The van der Waals surface area contributed by atoms with E-state index in [0.717, 1.165) is 5.82 Å². The van der Waals surface area contributed by atoms with Crippen LogP contribution in [0.5, 0.6) is 17.2 Å². The maximum atomic E-state index is 12.8. The highest BCUT2D eigenvalue weighted by atomic mass is 16.7. The first-order valence-electron chi connectivity index (χ1n) is 11.5. The van der Waals surface area contributed by atoms with Crippen LogP contribution in [0.4, 0.5) is 17.2 Å². The molecule has 0 radical (unpaired) electrons. The maximum Gasteiger partial charge on any atom is 0.255 e. The summed E-state index contributed by atoms with van der Waals surface area (Å²) >= 11 is 0. The van der Waals surface area contributed by atoms with Gasteiger partial charge in [0.05, 0.1) is 7.11 Å². The molecule has 5 rings (SSSR count). The number of methoxy groups -OCH3 is 1. The number of rotatable bonds is 6. The molecule has 3 aromatic rings. The minimum Gasteiger partial charge on any atom is -0.497 e. The summed E-state index contributed by atoms with van der Waals surface area (Å²) in [6.45, 7) is 1.55. The highest BCUT2D eigenvalue weighted by Crippen LogP contribution is 2.34. The van der Waals surface area contributed by atoms with Crippen LogP contribution in [0.1, 0.15) is 23.2 Å². The van der Waals surface area contributed by atoms with Crippen molar-refractivity contribution in [3.63, 3.8) is 0 Å². The van der Waals surface area contributed by atoms with Gasteiger partial charge in [-0.2, -0.15) is 0 Å². The van der Waals surface area contributed by atoms with Crippen LogP contribution >= 0.6 is 0 Å². The van der Waals surface area contributed by atoms with E-state index in [4.69, 9.17) is 14.2 Å². The van der Waals surface area contributed by atoms with Crippen molar-refractivity contribution in [2.24, 2.45) is 5.92 Å². The summed E-state index contributed by atoms with van der Waals surface area (Å²) in [4.78, 5) is 32.1. The van der Waals surface area contributed by atoms with Gasteiger partial charge in [-0.25, -0.2) is 4.98 Å². The normalized spacial score (nSPS) is 14.9. The first kappa shape index (κ1) is 22.5. The molecule has 2 aliphatic rings. The number of piperidine rings is 1. The summed E-state index contributed by atoms with van der Waals surface area (Å²) in [5.41, 5.74) is 1.86. The summed E-state index contributed by atoms with van der Waals surface area (Å²) in [5.74, 6) is 2.38. The lowest BCUT2D eigenvalue weighted by molar-refractivity contribution is -0.120. The van der Waals surface area contributed by atoms with Gasteiger partial charge in [-0.3, -0.25) is 9.59 Å². The van der Waals surface area contributed by atoms with Gasteiger partial charge in [-0.05, 0) is 49.2 Å². The van der Waals surface area contributed by atoms with Crippen LogP contribution in [-0.4, -0.2) is 43.8 Å². The van der Waals surface area contributed by atoms with Crippen molar-refractivity contribution in [2.75, 3.05) is 42.5 Å². The van der Waals surface area contributed by atoms with E-state index in [-0.39, 0.29) is 24.5 Å². The zero-order chi connectivity index (χ0) is 24.2. The SMILES string of the molecule is COc1cccc(NC(=O)c2ccnc(N3CCC(C(=O)Nc4ccc5c(c4)OCO5)CC3)c2)c1. The van der Waals surface area contributed by atoms with Crippen LogP contribution in [0.15, 0.2) is 60.8 Å². The largest absolute Gasteiger partial charge is 0.497 e. The number of hydrogen-bond donors (Lipinski definition) is 2. The third-order valence-corrected chi connectivity index (χ3v) is 6.17. The fourth-order valence-corrected chi connectivity index (χ4v) is 4.23. The molecule has 9 nitrogen and oxygen atoms in total. The minimum atomic E-state index is -0.222. The van der Waals surface area contributed by atoms with Crippen LogP contribution in [0.25, 0.3) is 0 Å². The number of nitrogens with zero attached hydrogens (tertiary/aromatic N) is 2.